The maximum atomic E-state index is 12.4. The zero-order valence-electron chi connectivity index (χ0n) is 12.9. The Kier molecular flexibility index (Phi) is 4.42. The Bertz CT molecular complexity index is 519. The maximum Gasteiger partial charge on any atom is 0.187 e. The number of allylic oxidation sites excluding steroid dienone is 2. The summed E-state index contributed by atoms with van der Waals surface area (Å²) in [5.74, 6) is 0.738. The zero-order valence-corrected chi connectivity index (χ0v) is 12.9. The first-order valence-corrected chi connectivity index (χ1v) is 8.31. The Morgan fingerprint density at radius 3 is 2.33 bits per heavy atom. The van der Waals surface area contributed by atoms with Gasteiger partial charge in [0.05, 0.1) is 0 Å². The molecule has 0 saturated heterocycles. The molecule has 21 heavy (non-hydrogen) atoms. The lowest BCUT2D eigenvalue weighted by Crippen LogP contribution is -2.31. The van der Waals surface area contributed by atoms with Crippen LogP contribution in [0.4, 0.5) is 0 Å². The van der Waals surface area contributed by atoms with Gasteiger partial charge in [0.2, 0.25) is 0 Å². The second-order valence-electron chi connectivity index (χ2n) is 6.58. The molecule has 0 spiro atoms. The van der Waals surface area contributed by atoms with Crippen molar-refractivity contribution in [1.29, 1.82) is 0 Å². The van der Waals surface area contributed by atoms with Crippen LogP contribution in [0.5, 0.6) is 0 Å². The van der Waals surface area contributed by atoms with Gasteiger partial charge in [-0.05, 0) is 38.5 Å². The third kappa shape index (κ3) is 3.96. The van der Waals surface area contributed by atoms with Crippen LogP contribution >= 0.6 is 0 Å². The standard InChI is InChI=1S/C19H25NO/c1-14-7-9-16(10-8-14)19(21)13-18(15-11-12-15)20-17-5-3-2-4-6-17/h7-10,13,15,17,20H,2-6,11-12H2,1H3/b18-13-. The molecule has 2 saturated carbocycles. The molecule has 0 bridgehead atoms. The predicted octanol–water partition coefficient (Wildman–Crippen LogP) is 4.39. The van der Waals surface area contributed by atoms with Crippen LogP contribution in [-0.4, -0.2) is 11.8 Å². The molecule has 112 valence electrons. The number of nitrogens with one attached hydrogen (secondary N) is 1. The van der Waals surface area contributed by atoms with E-state index in [1.165, 1.54) is 56.2 Å². The molecule has 2 nitrogen and oxygen atoms in total. The summed E-state index contributed by atoms with van der Waals surface area (Å²) >= 11 is 0. The van der Waals surface area contributed by atoms with E-state index in [0.29, 0.717) is 12.0 Å². The Hall–Kier alpha value is -1.57. The molecule has 0 unspecified atom stereocenters. The van der Waals surface area contributed by atoms with E-state index in [-0.39, 0.29) is 5.78 Å². The summed E-state index contributed by atoms with van der Waals surface area (Å²) in [5, 5.41) is 3.67. The molecule has 2 aliphatic carbocycles. The molecule has 3 rings (SSSR count). The Labute approximate surface area is 127 Å². The van der Waals surface area contributed by atoms with Crippen LogP contribution in [0.2, 0.25) is 0 Å². The fourth-order valence-electron chi connectivity index (χ4n) is 3.10. The van der Waals surface area contributed by atoms with Gasteiger partial charge in [0.1, 0.15) is 0 Å². The molecule has 1 N–H and O–H groups in total. The van der Waals surface area contributed by atoms with E-state index < -0.39 is 0 Å². The van der Waals surface area contributed by atoms with Crippen molar-refractivity contribution in [2.45, 2.75) is 57.9 Å². The summed E-state index contributed by atoms with van der Waals surface area (Å²) < 4.78 is 0. The minimum Gasteiger partial charge on any atom is -0.385 e. The van der Waals surface area contributed by atoms with E-state index in [9.17, 15) is 4.79 Å². The minimum atomic E-state index is 0.139. The van der Waals surface area contributed by atoms with Gasteiger partial charge in [0.15, 0.2) is 5.78 Å². The Morgan fingerprint density at radius 1 is 1.05 bits per heavy atom. The molecule has 0 aromatic heterocycles. The smallest absolute Gasteiger partial charge is 0.187 e. The van der Waals surface area contributed by atoms with Gasteiger partial charge >= 0.3 is 0 Å². The van der Waals surface area contributed by atoms with Crippen molar-refractivity contribution >= 4 is 5.78 Å². The van der Waals surface area contributed by atoms with Crippen molar-refractivity contribution in [3.63, 3.8) is 0 Å². The Balaban J connectivity index is 1.70. The van der Waals surface area contributed by atoms with Crippen LogP contribution < -0.4 is 5.32 Å². The molecule has 0 aliphatic heterocycles. The largest absolute Gasteiger partial charge is 0.385 e. The van der Waals surface area contributed by atoms with E-state index in [1.807, 2.05) is 37.3 Å². The fraction of sp³-hybridized carbons (Fsp3) is 0.526. The van der Waals surface area contributed by atoms with Crippen LogP contribution in [0.1, 0.15) is 60.9 Å². The minimum absolute atomic E-state index is 0.139. The van der Waals surface area contributed by atoms with Crippen molar-refractivity contribution in [3.05, 3.63) is 47.2 Å². The predicted molar refractivity (Wildman–Crippen MR) is 86.3 cm³/mol. The quantitative estimate of drug-likeness (QED) is 0.641. The molecule has 1 aromatic rings. The second kappa shape index (κ2) is 6.46. The maximum absolute atomic E-state index is 12.4. The van der Waals surface area contributed by atoms with Gasteiger partial charge in [-0.25, -0.2) is 0 Å². The van der Waals surface area contributed by atoms with Crippen molar-refractivity contribution in [2.24, 2.45) is 5.92 Å². The average molecular weight is 283 g/mol. The van der Waals surface area contributed by atoms with E-state index in [1.54, 1.807) is 0 Å². The topological polar surface area (TPSA) is 29.1 Å². The van der Waals surface area contributed by atoms with Crippen molar-refractivity contribution in [2.75, 3.05) is 0 Å². The molecule has 2 heteroatoms. The lowest BCUT2D eigenvalue weighted by molar-refractivity contribution is 0.104. The number of rotatable bonds is 5. The van der Waals surface area contributed by atoms with Gasteiger partial charge in [-0.3, -0.25) is 4.79 Å². The highest BCUT2D eigenvalue weighted by atomic mass is 16.1. The van der Waals surface area contributed by atoms with E-state index in [0.717, 1.165) is 5.56 Å². The molecule has 0 atom stereocenters. The first-order chi connectivity index (χ1) is 10.2. The lowest BCUT2D eigenvalue weighted by Gasteiger charge is -2.25. The van der Waals surface area contributed by atoms with Crippen molar-refractivity contribution in [3.8, 4) is 0 Å². The summed E-state index contributed by atoms with van der Waals surface area (Å²) in [6.45, 7) is 2.05. The molecule has 2 fully saturated rings. The number of ketones is 1. The molecule has 0 heterocycles. The molecule has 0 amide bonds. The van der Waals surface area contributed by atoms with E-state index in [4.69, 9.17) is 0 Å². The second-order valence-corrected chi connectivity index (χ2v) is 6.58. The SMILES string of the molecule is Cc1ccc(C(=O)/C=C(\NC2CCCCC2)C2CC2)cc1. The van der Waals surface area contributed by atoms with E-state index in [2.05, 4.69) is 5.32 Å². The summed E-state index contributed by atoms with van der Waals surface area (Å²) in [6, 6.07) is 8.45. The van der Waals surface area contributed by atoms with Crippen LogP contribution in [0.3, 0.4) is 0 Å². The van der Waals surface area contributed by atoms with Gasteiger partial charge in [-0.1, -0.05) is 49.1 Å². The number of benzene rings is 1. The number of hydrogen-bond donors (Lipinski definition) is 1. The van der Waals surface area contributed by atoms with Crippen LogP contribution in [0, 0.1) is 12.8 Å². The lowest BCUT2D eigenvalue weighted by atomic mass is 9.95. The summed E-state index contributed by atoms with van der Waals surface area (Å²) in [4.78, 5) is 12.4. The van der Waals surface area contributed by atoms with E-state index >= 15 is 0 Å². The highest BCUT2D eigenvalue weighted by molar-refractivity contribution is 6.04. The number of hydrogen-bond acceptors (Lipinski definition) is 2. The first kappa shape index (κ1) is 14.4. The monoisotopic (exact) mass is 283 g/mol. The highest BCUT2D eigenvalue weighted by Crippen LogP contribution is 2.36. The fourth-order valence-corrected chi connectivity index (χ4v) is 3.10. The van der Waals surface area contributed by atoms with Gasteiger partial charge < -0.3 is 5.32 Å². The Morgan fingerprint density at radius 2 is 1.71 bits per heavy atom. The summed E-state index contributed by atoms with van der Waals surface area (Å²) in [6.07, 6.45) is 10.8. The molecular formula is C19H25NO. The average Bonchev–Trinajstić information content (AvgIpc) is 3.33. The molecular weight excluding hydrogens is 258 g/mol. The molecule has 0 radical (unpaired) electrons. The molecule has 1 aromatic carbocycles. The summed E-state index contributed by atoms with van der Waals surface area (Å²) in [7, 11) is 0. The van der Waals surface area contributed by atoms with Crippen molar-refractivity contribution in [1.82, 2.24) is 5.32 Å². The van der Waals surface area contributed by atoms with Gasteiger partial charge in [0, 0.05) is 23.4 Å². The van der Waals surface area contributed by atoms with Crippen LogP contribution in [-0.2, 0) is 0 Å². The third-order valence-electron chi connectivity index (χ3n) is 4.62. The van der Waals surface area contributed by atoms with Gasteiger partial charge in [-0.2, -0.15) is 0 Å². The highest BCUT2D eigenvalue weighted by Gasteiger charge is 2.28. The normalized spacial score (nSPS) is 20.3. The van der Waals surface area contributed by atoms with Gasteiger partial charge in [-0.15, -0.1) is 0 Å². The van der Waals surface area contributed by atoms with Gasteiger partial charge in [0.25, 0.3) is 0 Å². The zero-order chi connectivity index (χ0) is 14.7. The summed E-state index contributed by atoms with van der Waals surface area (Å²) in [5.41, 5.74) is 3.18. The number of aryl methyl sites for hydroxylation is 1. The molecule has 2 aliphatic rings. The number of carbonyl (C=O) groups is 1. The number of carbonyl (C=O) groups excluding carboxylic acids is 1. The van der Waals surface area contributed by atoms with Crippen LogP contribution in [0.15, 0.2) is 36.0 Å². The first-order valence-electron chi connectivity index (χ1n) is 8.31. The van der Waals surface area contributed by atoms with Crippen LogP contribution in [0.25, 0.3) is 0 Å². The third-order valence-corrected chi connectivity index (χ3v) is 4.62. The van der Waals surface area contributed by atoms with Crippen molar-refractivity contribution < 1.29 is 4.79 Å².